The summed E-state index contributed by atoms with van der Waals surface area (Å²) < 4.78 is 2.14. The Hall–Kier alpha value is -3.56. The third-order valence-electron chi connectivity index (χ3n) is 4.64. The summed E-state index contributed by atoms with van der Waals surface area (Å²) in [5, 5.41) is 9.83. The molecule has 0 saturated carbocycles. The van der Waals surface area contributed by atoms with Gasteiger partial charge in [-0.2, -0.15) is 0 Å². The molecule has 0 spiro atoms. The van der Waals surface area contributed by atoms with Gasteiger partial charge in [0.2, 0.25) is 0 Å². The van der Waals surface area contributed by atoms with Crippen molar-refractivity contribution < 1.29 is 9.90 Å². The van der Waals surface area contributed by atoms with Crippen LogP contribution in [0.25, 0.3) is 34.3 Å². The van der Waals surface area contributed by atoms with Gasteiger partial charge in [0.05, 0.1) is 11.4 Å². The molecule has 3 aromatic carbocycles. The smallest absolute Gasteiger partial charge is 0.328 e. The summed E-state index contributed by atoms with van der Waals surface area (Å²) in [7, 11) is 0. The van der Waals surface area contributed by atoms with Crippen molar-refractivity contribution in [2.24, 2.45) is 0 Å². The van der Waals surface area contributed by atoms with Crippen LogP contribution >= 0.6 is 11.6 Å². The number of halogens is 1. The maximum Gasteiger partial charge on any atom is 0.328 e. The molecule has 4 heteroatoms. The summed E-state index contributed by atoms with van der Waals surface area (Å²) in [5.41, 5.74) is 5.69. The van der Waals surface area contributed by atoms with Crippen LogP contribution in [0.2, 0.25) is 5.02 Å². The van der Waals surface area contributed by atoms with Crippen molar-refractivity contribution in [3.05, 3.63) is 108 Å². The number of carbonyl (C=O) groups is 1. The van der Waals surface area contributed by atoms with E-state index in [0.29, 0.717) is 5.02 Å². The third-order valence-corrected chi connectivity index (χ3v) is 4.89. The van der Waals surface area contributed by atoms with E-state index in [1.165, 1.54) is 6.08 Å². The summed E-state index contributed by atoms with van der Waals surface area (Å²) in [6.07, 6.45) is 2.81. The van der Waals surface area contributed by atoms with Gasteiger partial charge in [-0.05, 0) is 47.5 Å². The fourth-order valence-electron chi connectivity index (χ4n) is 3.39. The van der Waals surface area contributed by atoms with Crippen molar-refractivity contribution >= 4 is 23.6 Å². The first kappa shape index (κ1) is 18.8. The minimum Gasteiger partial charge on any atom is -0.478 e. The van der Waals surface area contributed by atoms with Crippen LogP contribution < -0.4 is 0 Å². The lowest BCUT2D eigenvalue weighted by atomic mass is 10.1. The Morgan fingerprint density at radius 1 is 0.828 bits per heavy atom. The van der Waals surface area contributed by atoms with Crippen molar-refractivity contribution in [1.29, 1.82) is 0 Å². The molecule has 0 atom stereocenters. The molecule has 1 N–H and O–H groups in total. The number of aromatic nitrogens is 1. The molecule has 0 fully saturated rings. The highest BCUT2D eigenvalue weighted by molar-refractivity contribution is 6.30. The van der Waals surface area contributed by atoms with Gasteiger partial charge in [-0.25, -0.2) is 4.79 Å². The fourth-order valence-corrected chi connectivity index (χ4v) is 3.52. The molecule has 0 saturated heterocycles. The summed E-state index contributed by atoms with van der Waals surface area (Å²) >= 11 is 6.12. The number of carboxylic acid groups (broad SMARTS) is 1. The Morgan fingerprint density at radius 3 is 2.00 bits per heavy atom. The molecule has 0 radical (unpaired) electrons. The van der Waals surface area contributed by atoms with Crippen LogP contribution in [0.1, 0.15) is 5.56 Å². The van der Waals surface area contributed by atoms with Crippen LogP contribution in [-0.2, 0) is 4.79 Å². The topological polar surface area (TPSA) is 42.2 Å². The van der Waals surface area contributed by atoms with Gasteiger partial charge in [-0.1, -0.05) is 72.3 Å². The number of rotatable bonds is 5. The van der Waals surface area contributed by atoms with E-state index in [1.54, 1.807) is 6.08 Å². The maximum atomic E-state index is 11.2. The zero-order valence-corrected chi connectivity index (χ0v) is 16.3. The first-order valence-electron chi connectivity index (χ1n) is 9.17. The van der Waals surface area contributed by atoms with E-state index in [9.17, 15) is 4.79 Å². The van der Waals surface area contributed by atoms with Crippen molar-refractivity contribution in [3.63, 3.8) is 0 Å². The molecule has 0 amide bonds. The largest absolute Gasteiger partial charge is 0.478 e. The van der Waals surface area contributed by atoms with Crippen LogP contribution in [-0.4, -0.2) is 15.6 Å². The first-order valence-corrected chi connectivity index (χ1v) is 9.55. The lowest BCUT2D eigenvalue weighted by Gasteiger charge is -2.15. The molecule has 0 aliphatic carbocycles. The van der Waals surface area contributed by atoms with Gasteiger partial charge in [-0.3, -0.25) is 0 Å². The van der Waals surface area contributed by atoms with Gasteiger partial charge in [-0.15, -0.1) is 0 Å². The molecule has 0 aliphatic rings. The quantitative estimate of drug-likeness (QED) is 0.386. The maximum absolute atomic E-state index is 11.2. The number of hydrogen-bond donors (Lipinski definition) is 1. The van der Waals surface area contributed by atoms with E-state index in [4.69, 9.17) is 16.7 Å². The van der Waals surface area contributed by atoms with Gasteiger partial charge in [0.25, 0.3) is 0 Å². The van der Waals surface area contributed by atoms with Crippen molar-refractivity contribution in [2.45, 2.75) is 0 Å². The molecule has 4 aromatic rings. The average molecular weight is 400 g/mol. The molecule has 0 unspecified atom stereocenters. The predicted molar refractivity (Wildman–Crippen MR) is 118 cm³/mol. The van der Waals surface area contributed by atoms with E-state index >= 15 is 0 Å². The normalized spacial score (nSPS) is 11.1. The Morgan fingerprint density at radius 2 is 1.41 bits per heavy atom. The molecule has 4 rings (SSSR count). The number of nitrogens with zero attached hydrogens (tertiary/aromatic N) is 1. The number of aliphatic carboxylic acids is 1. The standard InChI is InChI=1S/C25H18ClNO2/c26-21-12-14-22(15-13-21)27-23(18-7-3-1-4-8-18)17-20(11-16-24(28)29)25(27)19-9-5-2-6-10-19/h1-17H,(H,28,29)/b16-11+. The minimum atomic E-state index is -0.982. The average Bonchev–Trinajstić information content (AvgIpc) is 3.13. The van der Waals surface area contributed by atoms with E-state index < -0.39 is 5.97 Å². The fraction of sp³-hybridized carbons (Fsp3) is 0. The van der Waals surface area contributed by atoms with Crippen LogP contribution in [0, 0.1) is 0 Å². The Labute approximate surface area is 174 Å². The zero-order chi connectivity index (χ0) is 20.2. The monoisotopic (exact) mass is 399 g/mol. The number of hydrogen-bond acceptors (Lipinski definition) is 1. The molecule has 142 valence electrons. The van der Waals surface area contributed by atoms with Crippen LogP contribution in [0.15, 0.2) is 97.1 Å². The highest BCUT2D eigenvalue weighted by atomic mass is 35.5. The second-order valence-corrected chi connectivity index (χ2v) is 6.99. The van der Waals surface area contributed by atoms with Gasteiger partial charge in [0.1, 0.15) is 0 Å². The third kappa shape index (κ3) is 4.00. The minimum absolute atomic E-state index is 0.662. The van der Waals surface area contributed by atoms with Gasteiger partial charge in [0.15, 0.2) is 0 Å². The summed E-state index contributed by atoms with van der Waals surface area (Å²) in [5.74, 6) is -0.982. The molecular weight excluding hydrogens is 382 g/mol. The summed E-state index contributed by atoms with van der Waals surface area (Å²) in [6.45, 7) is 0. The molecule has 0 aliphatic heterocycles. The summed E-state index contributed by atoms with van der Waals surface area (Å²) in [4.78, 5) is 11.2. The van der Waals surface area contributed by atoms with E-state index in [2.05, 4.69) is 4.57 Å². The predicted octanol–water partition coefficient (Wildman–Crippen LogP) is 6.56. The molecule has 3 nitrogen and oxygen atoms in total. The lowest BCUT2D eigenvalue weighted by Crippen LogP contribution is -2.00. The first-order chi connectivity index (χ1) is 14.1. The molecule has 29 heavy (non-hydrogen) atoms. The highest BCUT2D eigenvalue weighted by Gasteiger charge is 2.18. The van der Waals surface area contributed by atoms with Crippen molar-refractivity contribution in [2.75, 3.05) is 0 Å². The SMILES string of the molecule is O=C(O)/C=C/c1cc(-c2ccccc2)n(-c2ccc(Cl)cc2)c1-c1ccccc1. The Bertz CT molecular complexity index is 1160. The molecule has 1 heterocycles. The number of benzene rings is 3. The zero-order valence-electron chi connectivity index (χ0n) is 15.5. The second-order valence-electron chi connectivity index (χ2n) is 6.55. The van der Waals surface area contributed by atoms with Crippen LogP contribution in [0.4, 0.5) is 0 Å². The van der Waals surface area contributed by atoms with E-state index in [0.717, 1.165) is 33.8 Å². The van der Waals surface area contributed by atoms with Gasteiger partial charge < -0.3 is 9.67 Å². The van der Waals surface area contributed by atoms with Gasteiger partial charge >= 0.3 is 5.97 Å². The van der Waals surface area contributed by atoms with E-state index in [-0.39, 0.29) is 0 Å². The van der Waals surface area contributed by atoms with Crippen LogP contribution in [0.3, 0.4) is 0 Å². The Kier molecular flexibility index (Phi) is 5.32. The summed E-state index contributed by atoms with van der Waals surface area (Å²) in [6, 6.07) is 29.7. The Balaban J connectivity index is 2.06. The molecule has 0 bridgehead atoms. The number of carboxylic acids is 1. The second kappa shape index (κ2) is 8.21. The van der Waals surface area contributed by atoms with E-state index in [1.807, 2.05) is 91.0 Å². The van der Waals surface area contributed by atoms with Crippen LogP contribution in [0.5, 0.6) is 0 Å². The molecular formula is C25H18ClNO2. The van der Waals surface area contributed by atoms with Crippen molar-refractivity contribution in [3.8, 4) is 28.2 Å². The van der Waals surface area contributed by atoms with Crippen molar-refractivity contribution in [1.82, 2.24) is 4.57 Å². The lowest BCUT2D eigenvalue weighted by molar-refractivity contribution is -0.131. The highest BCUT2D eigenvalue weighted by Crippen LogP contribution is 2.36. The van der Waals surface area contributed by atoms with Gasteiger partial charge in [0, 0.05) is 22.3 Å². The molecule has 1 aromatic heterocycles.